The molecular weight excluding hydrogens is 212 g/mol. The van der Waals surface area contributed by atoms with Gasteiger partial charge in [-0.15, -0.1) is 10.2 Å². The van der Waals surface area contributed by atoms with Crippen molar-refractivity contribution < 1.29 is 0 Å². The van der Waals surface area contributed by atoms with Crippen molar-refractivity contribution >= 4 is 0 Å². The van der Waals surface area contributed by atoms with Gasteiger partial charge in [-0.3, -0.25) is 4.57 Å². The van der Waals surface area contributed by atoms with Gasteiger partial charge in [-0.1, -0.05) is 12.1 Å². The number of nitrogens with zero attached hydrogens (tertiary/aromatic N) is 3. The van der Waals surface area contributed by atoms with Gasteiger partial charge in [-0.2, -0.15) is 0 Å². The van der Waals surface area contributed by atoms with Gasteiger partial charge < -0.3 is 5.32 Å². The molecule has 17 heavy (non-hydrogen) atoms. The molecule has 0 unspecified atom stereocenters. The maximum Gasteiger partial charge on any atom is 0.154 e. The minimum atomic E-state index is 0.345. The Kier molecular flexibility index (Phi) is 2.65. The predicted octanol–water partition coefficient (Wildman–Crippen LogP) is 2.00. The van der Waals surface area contributed by atoms with Crippen molar-refractivity contribution in [3.05, 3.63) is 42.0 Å². The molecule has 0 bridgehead atoms. The van der Waals surface area contributed by atoms with E-state index in [2.05, 4.69) is 51.3 Å². The second kappa shape index (κ2) is 4.30. The molecule has 1 aliphatic heterocycles. The number of nitrogens with one attached hydrogen (secondary N) is 1. The van der Waals surface area contributed by atoms with Crippen LogP contribution in [0, 0.1) is 6.92 Å². The quantitative estimate of drug-likeness (QED) is 0.855. The highest BCUT2D eigenvalue weighted by Crippen LogP contribution is 2.23. The molecule has 1 aromatic carbocycles. The van der Waals surface area contributed by atoms with Crippen LogP contribution in [0.4, 0.5) is 0 Å². The van der Waals surface area contributed by atoms with Crippen molar-refractivity contribution in [1.29, 1.82) is 0 Å². The number of aryl methyl sites for hydroxylation is 1. The van der Waals surface area contributed by atoms with E-state index in [4.69, 9.17) is 0 Å². The highest BCUT2D eigenvalue weighted by atomic mass is 15.3. The molecule has 1 atom stereocenters. The lowest BCUT2D eigenvalue weighted by Crippen LogP contribution is -2.17. The second-order valence-electron chi connectivity index (χ2n) is 4.55. The summed E-state index contributed by atoms with van der Waals surface area (Å²) in [5, 5.41) is 11.8. The third-order valence-electron chi connectivity index (χ3n) is 3.23. The second-order valence-corrected chi connectivity index (χ2v) is 4.55. The molecule has 2 aromatic rings. The Labute approximate surface area is 101 Å². The molecule has 1 saturated heterocycles. The lowest BCUT2D eigenvalue weighted by molar-refractivity contribution is 0.592. The minimum absolute atomic E-state index is 0.345. The monoisotopic (exact) mass is 228 g/mol. The summed E-state index contributed by atoms with van der Waals surface area (Å²) in [6, 6.07) is 8.76. The topological polar surface area (TPSA) is 42.7 Å². The first-order chi connectivity index (χ1) is 8.34. The molecule has 1 fully saturated rings. The molecule has 0 spiro atoms. The molecule has 1 aliphatic rings. The zero-order valence-corrected chi connectivity index (χ0v) is 9.93. The molecule has 88 valence electrons. The van der Waals surface area contributed by atoms with Gasteiger partial charge in [0.15, 0.2) is 5.82 Å². The van der Waals surface area contributed by atoms with E-state index in [-0.39, 0.29) is 0 Å². The standard InChI is InChI=1S/C13H16N4/c1-10-4-2-5-11(8-10)17-9-15-16-13(17)12-6-3-7-14-12/h2,4-5,8-9,12,14H,3,6-7H2,1H3/t12-/m0/s1. The Morgan fingerprint density at radius 2 is 2.35 bits per heavy atom. The SMILES string of the molecule is Cc1cccc(-n2cnnc2[C@@H]2CCCN2)c1. The van der Waals surface area contributed by atoms with E-state index in [0.717, 1.165) is 24.5 Å². The summed E-state index contributed by atoms with van der Waals surface area (Å²) in [6.45, 7) is 3.17. The summed E-state index contributed by atoms with van der Waals surface area (Å²) in [6.07, 6.45) is 4.15. The summed E-state index contributed by atoms with van der Waals surface area (Å²) in [5.41, 5.74) is 2.39. The maximum absolute atomic E-state index is 4.25. The van der Waals surface area contributed by atoms with Crippen LogP contribution >= 0.6 is 0 Å². The fourth-order valence-electron chi connectivity index (χ4n) is 2.36. The average Bonchev–Trinajstić information content (AvgIpc) is 3.00. The van der Waals surface area contributed by atoms with Crippen LogP contribution in [-0.4, -0.2) is 21.3 Å². The molecule has 4 nitrogen and oxygen atoms in total. The lowest BCUT2D eigenvalue weighted by atomic mass is 10.2. The molecule has 0 amide bonds. The first kappa shape index (κ1) is 10.5. The van der Waals surface area contributed by atoms with Crippen LogP contribution < -0.4 is 5.32 Å². The van der Waals surface area contributed by atoms with Crippen LogP contribution in [0.3, 0.4) is 0 Å². The van der Waals surface area contributed by atoms with Crippen molar-refractivity contribution in [2.45, 2.75) is 25.8 Å². The Bertz CT molecular complexity index is 512. The van der Waals surface area contributed by atoms with Crippen molar-refractivity contribution in [1.82, 2.24) is 20.1 Å². The minimum Gasteiger partial charge on any atom is -0.307 e. The van der Waals surface area contributed by atoms with Crippen molar-refractivity contribution in [2.75, 3.05) is 6.54 Å². The Balaban J connectivity index is 2.00. The molecule has 0 saturated carbocycles. The molecule has 1 N–H and O–H groups in total. The molecule has 4 heteroatoms. The van der Waals surface area contributed by atoms with Gasteiger partial charge in [0, 0.05) is 5.69 Å². The Hall–Kier alpha value is -1.68. The first-order valence-corrected chi connectivity index (χ1v) is 6.05. The normalized spacial score (nSPS) is 19.7. The van der Waals surface area contributed by atoms with E-state index in [1.165, 1.54) is 12.0 Å². The van der Waals surface area contributed by atoms with Crippen LogP contribution in [0.25, 0.3) is 5.69 Å². The average molecular weight is 228 g/mol. The van der Waals surface area contributed by atoms with E-state index in [1.807, 2.05) is 0 Å². The fraction of sp³-hybridized carbons (Fsp3) is 0.385. The van der Waals surface area contributed by atoms with Crippen LogP contribution in [-0.2, 0) is 0 Å². The Morgan fingerprint density at radius 1 is 1.41 bits per heavy atom. The van der Waals surface area contributed by atoms with Crippen LogP contribution in [0.1, 0.15) is 30.3 Å². The summed E-state index contributed by atoms with van der Waals surface area (Å²) in [7, 11) is 0. The van der Waals surface area contributed by atoms with Gasteiger partial charge in [0.05, 0.1) is 6.04 Å². The smallest absolute Gasteiger partial charge is 0.154 e. The van der Waals surface area contributed by atoms with Crippen molar-refractivity contribution in [2.24, 2.45) is 0 Å². The largest absolute Gasteiger partial charge is 0.307 e. The van der Waals surface area contributed by atoms with Gasteiger partial charge in [0.2, 0.25) is 0 Å². The van der Waals surface area contributed by atoms with Gasteiger partial charge in [-0.25, -0.2) is 0 Å². The summed E-state index contributed by atoms with van der Waals surface area (Å²) < 4.78 is 2.08. The molecule has 0 radical (unpaired) electrons. The first-order valence-electron chi connectivity index (χ1n) is 6.05. The summed E-state index contributed by atoms with van der Waals surface area (Å²) >= 11 is 0. The number of aromatic nitrogens is 3. The number of hydrogen-bond acceptors (Lipinski definition) is 3. The third-order valence-corrected chi connectivity index (χ3v) is 3.23. The molecule has 2 heterocycles. The van der Waals surface area contributed by atoms with Gasteiger partial charge >= 0.3 is 0 Å². The highest BCUT2D eigenvalue weighted by molar-refractivity contribution is 5.36. The number of rotatable bonds is 2. The van der Waals surface area contributed by atoms with E-state index in [9.17, 15) is 0 Å². The van der Waals surface area contributed by atoms with Gasteiger partial charge in [-0.05, 0) is 44.0 Å². The molecule has 3 rings (SSSR count). The lowest BCUT2D eigenvalue weighted by Gasteiger charge is -2.12. The molecule has 1 aromatic heterocycles. The van der Waals surface area contributed by atoms with Crippen LogP contribution in [0.5, 0.6) is 0 Å². The van der Waals surface area contributed by atoms with Crippen LogP contribution in [0.15, 0.2) is 30.6 Å². The van der Waals surface area contributed by atoms with Gasteiger partial charge in [0.1, 0.15) is 6.33 Å². The van der Waals surface area contributed by atoms with Crippen molar-refractivity contribution in [3.8, 4) is 5.69 Å². The van der Waals surface area contributed by atoms with E-state index in [1.54, 1.807) is 6.33 Å². The zero-order chi connectivity index (χ0) is 11.7. The Morgan fingerprint density at radius 3 is 3.12 bits per heavy atom. The fourth-order valence-corrected chi connectivity index (χ4v) is 2.36. The third kappa shape index (κ3) is 1.96. The molecule has 0 aliphatic carbocycles. The highest BCUT2D eigenvalue weighted by Gasteiger charge is 2.21. The number of benzene rings is 1. The number of hydrogen-bond donors (Lipinski definition) is 1. The van der Waals surface area contributed by atoms with Crippen LogP contribution in [0.2, 0.25) is 0 Å². The zero-order valence-electron chi connectivity index (χ0n) is 9.93. The van der Waals surface area contributed by atoms with Crippen molar-refractivity contribution in [3.63, 3.8) is 0 Å². The van der Waals surface area contributed by atoms with E-state index >= 15 is 0 Å². The predicted molar refractivity (Wildman–Crippen MR) is 66.1 cm³/mol. The van der Waals surface area contributed by atoms with E-state index in [0.29, 0.717) is 6.04 Å². The van der Waals surface area contributed by atoms with E-state index < -0.39 is 0 Å². The maximum atomic E-state index is 4.25. The molecular formula is C13H16N4. The van der Waals surface area contributed by atoms with Gasteiger partial charge in [0.25, 0.3) is 0 Å². The summed E-state index contributed by atoms with van der Waals surface area (Å²) in [5.74, 6) is 1.02. The summed E-state index contributed by atoms with van der Waals surface area (Å²) in [4.78, 5) is 0.